The number of fused-ring (bicyclic) bond motifs is 1. The fourth-order valence-corrected chi connectivity index (χ4v) is 3.25. The molecule has 1 aliphatic rings. The molecule has 3 aromatic carbocycles. The van der Waals surface area contributed by atoms with Gasteiger partial charge < -0.3 is 20.1 Å². The summed E-state index contributed by atoms with van der Waals surface area (Å²) in [6.45, 7) is 3.30. The average Bonchev–Trinajstić information content (AvgIpc) is 2.77. The SMILES string of the molecule is Cc1cccc(C(=O)Nc2ccccc2C(=O)NCc2ccc3c(c2)OCCO3)c1. The van der Waals surface area contributed by atoms with Crippen molar-refractivity contribution >= 4 is 17.5 Å². The minimum atomic E-state index is -0.273. The standard InChI is InChI=1S/C24H22N2O4/c1-16-5-4-6-18(13-16)23(27)26-20-8-3-2-7-19(20)24(28)25-15-17-9-10-21-22(14-17)30-12-11-29-21/h2-10,13-14H,11-12,15H2,1H3,(H,25,28)(H,26,27). The van der Waals surface area contributed by atoms with Crippen LogP contribution in [-0.2, 0) is 6.54 Å². The number of ether oxygens (including phenoxy) is 2. The van der Waals surface area contributed by atoms with Gasteiger partial charge in [0.1, 0.15) is 13.2 Å². The van der Waals surface area contributed by atoms with Crippen molar-refractivity contribution in [2.45, 2.75) is 13.5 Å². The first-order valence-electron chi connectivity index (χ1n) is 9.74. The summed E-state index contributed by atoms with van der Waals surface area (Å²) in [5.74, 6) is 0.857. The van der Waals surface area contributed by atoms with Gasteiger partial charge in [0, 0.05) is 12.1 Å². The number of para-hydroxylation sites is 1. The van der Waals surface area contributed by atoms with Gasteiger partial charge in [-0.25, -0.2) is 0 Å². The van der Waals surface area contributed by atoms with Crippen LogP contribution in [0.3, 0.4) is 0 Å². The molecule has 0 spiro atoms. The summed E-state index contributed by atoms with van der Waals surface area (Å²) in [5.41, 5.74) is 3.29. The van der Waals surface area contributed by atoms with Crippen LogP contribution in [0, 0.1) is 6.92 Å². The summed E-state index contributed by atoms with van der Waals surface area (Å²) >= 11 is 0. The molecule has 1 heterocycles. The highest BCUT2D eigenvalue weighted by molar-refractivity contribution is 6.09. The first-order chi connectivity index (χ1) is 14.6. The molecule has 0 bridgehead atoms. The number of amides is 2. The van der Waals surface area contributed by atoms with E-state index < -0.39 is 0 Å². The zero-order chi connectivity index (χ0) is 20.9. The van der Waals surface area contributed by atoms with Crippen molar-refractivity contribution in [3.8, 4) is 11.5 Å². The van der Waals surface area contributed by atoms with E-state index in [1.807, 2.05) is 37.3 Å². The number of anilines is 1. The van der Waals surface area contributed by atoms with Crippen LogP contribution in [0.25, 0.3) is 0 Å². The Morgan fingerprint density at radius 3 is 2.50 bits per heavy atom. The van der Waals surface area contributed by atoms with Crippen LogP contribution in [0.2, 0.25) is 0 Å². The fraction of sp³-hybridized carbons (Fsp3) is 0.167. The maximum Gasteiger partial charge on any atom is 0.255 e. The molecule has 4 rings (SSSR count). The molecule has 30 heavy (non-hydrogen) atoms. The molecule has 2 N–H and O–H groups in total. The van der Waals surface area contributed by atoms with Gasteiger partial charge in [-0.05, 0) is 48.9 Å². The first-order valence-corrected chi connectivity index (χ1v) is 9.74. The number of hydrogen-bond acceptors (Lipinski definition) is 4. The highest BCUT2D eigenvalue weighted by Crippen LogP contribution is 2.30. The molecule has 0 fully saturated rings. The number of rotatable bonds is 5. The van der Waals surface area contributed by atoms with E-state index in [1.54, 1.807) is 36.4 Å². The number of benzene rings is 3. The predicted octanol–water partition coefficient (Wildman–Crippen LogP) is 3.95. The summed E-state index contributed by atoms with van der Waals surface area (Å²) < 4.78 is 11.1. The van der Waals surface area contributed by atoms with Gasteiger partial charge in [0.15, 0.2) is 11.5 Å². The maximum atomic E-state index is 12.8. The molecule has 0 saturated carbocycles. The number of carbonyl (C=O) groups excluding carboxylic acids is 2. The van der Waals surface area contributed by atoms with Crippen LogP contribution in [0.4, 0.5) is 5.69 Å². The van der Waals surface area contributed by atoms with Gasteiger partial charge in [0.05, 0.1) is 11.3 Å². The molecule has 0 atom stereocenters. The molecule has 0 aromatic heterocycles. The van der Waals surface area contributed by atoms with Gasteiger partial charge in [0.2, 0.25) is 0 Å². The second-order valence-electron chi connectivity index (χ2n) is 7.03. The van der Waals surface area contributed by atoms with E-state index in [4.69, 9.17) is 9.47 Å². The van der Waals surface area contributed by atoms with E-state index in [0.29, 0.717) is 48.1 Å². The third kappa shape index (κ3) is 4.43. The zero-order valence-electron chi connectivity index (χ0n) is 16.6. The van der Waals surface area contributed by atoms with E-state index in [-0.39, 0.29) is 11.8 Å². The Hall–Kier alpha value is -3.80. The normalized spacial score (nSPS) is 12.2. The summed E-state index contributed by atoms with van der Waals surface area (Å²) in [6, 6.07) is 19.8. The van der Waals surface area contributed by atoms with Crippen molar-refractivity contribution < 1.29 is 19.1 Å². The Morgan fingerprint density at radius 1 is 0.867 bits per heavy atom. The Balaban J connectivity index is 1.45. The van der Waals surface area contributed by atoms with Crippen LogP contribution in [0.1, 0.15) is 31.8 Å². The van der Waals surface area contributed by atoms with Gasteiger partial charge in [-0.3, -0.25) is 9.59 Å². The van der Waals surface area contributed by atoms with Crippen molar-refractivity contribution in [2.75, 3.05) is 18.5 Å². The van der Waals surface area contributed by atoms with Gasteiger partial charge in [-0.1, -0.05) is 35.9 Å². The van der Waals surface area contributed by atoms with Gasteiger partial charge in [0.25, 0.3) is 11.8 Å². The third-order valence-electron chi connectivity index (χ3n) is 4.76. The molecule has 0 unspecified atom stereocenters. The minimum absolute atomic E-state index is 0.259. The Kier molecular flexibility index (Phi) is 5.66. The lowest BCUT2D eigenvalue weighted by Crippen LogP contribution is -2.25. The lowest BCUT2D eigenvalue weighted by atomic mass is 10.1. The van der Waals surface area contributed by atoms with E-state index in [1.165, 1.54) is 0 Å². The van der Waals surface area contributed by atoms with Crippen LogP contribution >= 0.6 is 0 Å². The second kappa shape index (κ2) is 8.69. The Bertz CT molecular complexity index is 1090. The van der Waals surface area contributed by atoms with Crippen molar-refractivity contribution in [2.24, 2.45) is 0 Å². The number of carbonyl (C=O) groups is 2. The molecule has 6 heteroatoms. The van der Waals surface area contributed by atoms with Gasteiger partial charge in [-0.15, -0.1) is 0 Å². The number of nitrogens with one attached hydrogen (secondary N) is 2. The largest absolute Gasteiger partial charge is 0.486 e. The molecule has 0 saturated heterocycles. The highest BCUT2D eigenvalue weighted by atomic mass is 16.6. The van der Waals surface area contributed by atoms with Crippen LogP contribution in [0.15, 0.2) is 66.7 Å². The maximum absolute atomic E-state index is 12.8. The van der Waals surface area contributed by atoms with E-state index in [9.17, 15) is 9.59 Å². The van der Waals surface area contributed by atoms with Gasteiger partial charge >= 0.3 is 0 Å². The third-order valence-corrected chi connectivity index (χ3v) is 4.76. The van der Waals surface area contributed by atoms with E-state index >= 15 is 0 Å². The van der Waals surface area contributed by atoms with Crippen molar-refractivity contribution in [3.63, 3.8) is 0 Å². The van der Waals surface area contributed by atoms with Crippen LogP contribution < -0.4 is 20.1 Å². The average molecular weight is 402 g/mol. The molecule has 6 nitrogen and oxygen atoms in total. The first kappa shape index (κ1) is 19.5. The molecule has 2 amide bonds. The lowest BCUT2D eigenvalue weighted by Gasteiger charge is -2.19. The smallest absolute Gasteiger partial charge is 0.255 e. The van der Waals surface area contributed by atoms with E-state index in [0.717, 1.165) is 11.1 Å². The zero-order valence-corrected chi connectivity index (χ0v) is 16.6. The monoisotopic (exact) mass is 402 g/mol. The fourth-order valence-electron chi connectivity index (χ4n) is 3.25. The molecule has 3 aromatic rings. The van der Waals surface area contributed by atoms with Gasteiger partial charge in [-0.2, -0.15) is 0 Å². The molecular formula is C24H22N2O4. The molecule has 152 valence electrons. The van der Waals surface area contributed by atoms with Crippen LogP contribution in [0.5, 0.6) is 11.5 Å². The van der Waals surface area contributed by atoms with Crippen molar-refractivity contribution in [3.05, 3.63) is 89.0 Å². The summed E-state index contributed by atoms with van der Waals surface area (Å²) in [4.78, 5) is 25.4. The highest BCUT2D eigenvalue weighted by Gasteiger charge is 2.15. The predicted molar refractivity (Wildman–Crippen MR) is 114 cm³/mol. The quantitative estimate of drug-likeness (QED) is 0.678. The van der Waals surface area contributed by atoms with Crippen molar-refractivity contribution in [1.82, 2.24) is 5.32 Å². The Labute approximate surface area is 174 Å². The van der Waals surface area contributed by atoms with Crippen molar-refractivity contribution in [1.29, 1.82) is 0 Å². The molecular weight excluding hydrogens is 380 g/mol. The minimum Gasteiger partial charge on any atom is -0.486 e. The lowest BCUT2D eigenvalue weighted by molar-refractivity contribution is 0.0951. The van der Waals surface area contributed by atoms with Crippen LogP contribution in [-0.4, -0.2) is 25.0 Å². The summed E-state index contributed by atoms with van der Waals surface area (Å²) in [6.07, 6.45) is 0. The second-order valence-corrected chi connectivity index (χ2v) is 7.03. The summed E-state index contributed by atoms with van der Waals surface area (Å²) in [7, 11) is 0. The molecule has 0 radical (unpaired) electrons. The summed E-state index contributed by atoms with van der Waals surface area (Å²) in [5, 5.41) is 5.74. The topological polar surface area (TPSA) is 76.7 Å². The Morgan fingerprint density at radius 2 is 1.67 bits per heavy atom. The molecule has 1 aliphatic heterocycles. The molecule has 0 aliphatic carbocycles. The number of hydrogen-bond donors (Lipinski definition) is 2. The number of aryl methyl sites for hydroxylation is 1. The van der Waals surface area contributed by atoms with E-state index in [2.05, 4.69) is 10.6 Å².